The predicted molar refractivity (Wildman–Crippen MR) is 134 cm³/mol. The number of carbonyl (C=O) groups is 1. The number of carbonyl (C=O) groups excluding carboxylic acids is 1. The summed E-state index contributed by atoms with van der Waals surface area (Å²) in [4.78, 5) is 12.3. The normalized spacial score (nSPS) is 21.3. The first-order chi connectivity index (χ1) is 15.1. The highest BCUT2D eigenvalue weighted by molar-refractivity contribution is 14.2. The van der Waals surface area contributed by atoms with Gasteiger partial charge in [0.05, 0.1) is 24.8 Å². The molecular weight excluding hydrogens is 662 g/mol. The van der Waals surface area contributed by atoms with Crippen LogP contribution in [0.25, 0.3) is 0 Å². The van der Waals surface area contributed by atoms with Crippen LogP contribution in [0.3, 0.4) is 0 Å². The molecular formula is C19H18BrClFIN2O5S2. The number of hydrogen-bond donors (Lipinski definition) is 3. The molecule has 0 heterocycles. The summed E-state index contributed by atoms with van der Waals surface area (Å²) in [6.45, 7) is 0. The van der Waals surface area contributed by atoms with E-state index in [0.29, 0.717) is 24.9 Å². The van der Waals surface area contributed by atoms with Crippen LogP contribution in [0.4, 0.5) is 10.1 Å². The molecule has 2 atom stereocenters. The second-order valence-electron chi connectivity index (χ2n) is 7.14. The Bertz CT molecular complexity index is 1120. The van der Waals surface area contributed by atoms with Crippen LogP contribution in [-0.4, -0.2) is 31.3 Å². The molecule has 0 aliphatic heterocycles. The molecule has 1 aliphatic carbocycles. The molecule has 7 nitrogen and oxygen atoms in total. The van der Waals surface area contributed by atoms with E-state index in [0.717, 1.165) is 15.3 Å². The second kappa shape index (κ2) is 10.8. The third-order valence-corrected chi connectivity index (χ3v) is 8.41. The topological polar surface area (TPSA) is 105 Å². The molecule has 1 fully saturated rings. The van der Waals surface area contributed by atoms with Gasteiger partial charge in [0.25, 0.3) is 5.91 Å². The Morgan fingerprint density at radius 1 is 1.31 bits per heavy atom. The van der Waals surface area contributed by atoms with Gasteiger partial charge in [-0.05, 0) is 65.2 Å². The van der Waals surface area contributed by atoms with Gasteiger partial charge in [0.15, 0.2) is 5.79 Å². The highest BCUT2D eigenvalue weighted by Crippen LogP contribution is 2.36. The van der Waals surface area contributed by atoms with Crippen molar-refractivity contribution in [1.82, 2.24) is 4.72 Å². The van der Waals surface area contributed by atoms with Crippen LogP contribution in [0.15, 0.2) is 45.8 Å². The van der Waals surface area contributed by atoms with Crippen molar-refractivity contribution in [3.8, 4) is 0 Å². The smallest absolute Gasteiger partial charge is 0.255 e. The molecule has 0 radical (unpaired) electrons. The first kappa shape index (κ1) is 26.1. The summed E-state index contributed by atoms with van der Waals surface area (Å²) in [5, 5.41) is 13.3. The van der Waals surface area contributed by atoms with Crippen LogP contribution < -0.4 is 10.0 Å². The van der Waals surface area contributed by atoms with Gasteiger partial charge in [-0.25, -0.2) is 17.5 Å². The molecule has 174 valence electrons. The minimum Gasteiger partial charge on any atom is -0.363 e. The number of amides is 1. The molecule has 1 aliphatic rings. The number of rotatable bonds is 7. The first-order valence-corrected chi connectivity index (χ1v) is 15.3. The molecule has 32 heavy (non-hydrogen) atoms. The zero-order chi connectivity index (χ0) is 23.5. The van der Waals surface area contributed by atoms with E-state index < -0.39 is 33.6 Å². The fourth-order valence-electron chi connectivity index (χ4n) is 3.31. The van der Waals surface area contributed by atoms with Gasteiger partial charge in [-0.2, -0.15) is 0 Å². The summed E-state index contributed by atoms with van der Waals surface area (Å²) in [6, 6.07) is 6.89. The largest absolute Gasteiger partial charge is 0.363 e. The lowest BCUT2D eigenvalue weighted by Gasteiger charge is -2.38. The van der Waals surface area contributed by atoms with Crippen molar-refractivity contribution >= 4 is 79.6 Å². The van der Waals surface area contributed by atoms with E-state index in [1.165, 1.54) is 30.3 Å². The summed E-state index contributed by atoms with van der Waals surface area (Å²) >= 11 is 11.0. The summed E-state index contributed by atoms with van der Waals surface area (Å²) in [6.07, 6.45) is 2.07. The molecule has 3 rings (SSSR count). The molecule has 2 aromatic carbocycles. The lowest BCUT2D eigenvalue weighted by molar-refractivity contribution is -0.163. The van der Waals surface area contributed by atoms with Crippen LogP contribution in [0.1, 0.15) is 36.0 Å². The molecule has 0 saturated heterocycles. The highest BCUT2D eigenvalue weighted by Gasteiger charge is 2.43. The first-order valence-electron chi connectivity index (χ1n) is 9.33. The van der Waals surface area contributed by atoms with Gasteiger partial charge < -0.3 is 10.4 Å². The van der Waals surface area contributed by atoms with Crippen molar-refractivity contribution in [3.63, 3.8) is 0 Å². The van der Waals surface area contributed by atoms with Crippen LogP contribution >= 0.6 is 58.0 Å². The Balaban J connectivity index is 1.85. The van der Waals surface area contributed by atoms with Gasteiger partial charge in [0.1, 0.15) is 10.7 Å². The van der Waals surface area contributed by atoms with E-state index in [4.69, 9.17) is 15.8 Å². The number of sulfonamides is 1. The number of hydrogen-bond acceptors (Lipinski definition) is 6. The van der Waals surface area contributed by atoms with Crippen molar-refractivity contribution in [2.75, 3.05) is 5.32 Å². The van der Waals surface area contributed by atoms with E-state index in [9.17, 15) is 22.7 Å². The number of nitrogens with one attached hydrogen (secondary N) is 2. The van der Waals surface area contributed by atoms with Crippen molar-refractivity contribution in [2.24, 2.45) is 0 Å². The van der Waals surface area contributed by atoms with E-state index in [1.54, 1.807) is 0 Å². The van der Waals surface area contributed by atoms with E-state index in [1.807, 2.05) is 21.2 Å². The molecule has 3 N–H and O–H groups in total. The van der Waals surface area contributed by atoms with Crippen molar-refractivity contribution in [3.05, 3.63) is 57.3 Å². The van der Waals surface area contributed by atoms with Gasteiger partial charge >= 0.3 is 0 Å². The van der Waals surface area contributed by atoms with Crippen LogP contribution in [-0.2, 0) is 14.2 Å². The summed E-state index contributed by atoms with van der Waals surface area (Å²) in [5.41, 5.74) is 0.356. The minimum absolute atomic E-state index is 0.0354. The van der Waals surface area contributed by atoms with Crippen molar-refractivity contribution in [2.45, 2.75) is 42.4 Å². The van der Waals surface area contributed by atoms with Crippen LogP contribution in [0.5, 0.6) is 0 Å². The quantitative estimate of drug-likeness (QED) is 0.205. The van der Waals surface area contributed by atoms with E-state index >= 15 is 0 Å². The van der Waals surface area contributed by atoms with Crippen molar-refractivity contribution in [1.29, 1.82) is 0 Å². The molecule has 0 spiro atoms. The second-order valence-corrected chi connectivity index (χ2v) is 11.5. The maximum Gasteiger partial charge on any atom is 0.255 e. The summed E-state index contributed by atoms with van der Waals surface area (Å²) in [5.74, 6) is -2.74. The third kappa shape index (κ3) is 6.14. The van der Waals surface area contributed by atoms with E-state index in [2.05, 4.69) is 26.0 Å². The SMILES string of the molecule is O=C(Nc1ccc(F)c(Br)c1)c1ccc(Cl)c(S(=O)(=O)NC2CCCCC2(O)OSI)c1. The lowest BCUT2D eigenvalue weighted by atomic mass is 9.90. The van der Waals surface area contributed by atoms with Gasteiger partial charge in [-0.15, -0.1) is 0 Å². The zero-order valence-corrected chi connectivity index (χ0v) is 22.4. The fraction of sp³-hybridized carbons (Fsp3) is 0.316. The maximum absolute atomic E-state index is 13.4. The highest BCUT2D eigenvalue weighted by atomic mass is 127. The Morgan fingerprint density at radius 3 is 2.75 bits per heavy atom. The zero-order valence-electron chi connectivity index (χ0n) is 16.3. The summed E-state index contributed by atoms with van der Waals surface area (Å²) < 4.78 is 47.6. The summed E-state index contributed by atoms with van der Waals surface area (Å²) in [7, 11) is -3.27. The predicted octanol–water partition coefficient (Wildman–Crippen LogP) is 5.42. The fourth-order valence-corrected chi connectivity index (χ4v) is 6.76. The monoisotopic (exact) mass is 678 g/mol. The maximum atomic E-state index is 13.4. The average Bonchev–Trinajstić information content (AvgIpc) is 2.72. The number of benzene rings is 2. The van der Waals surface area contributed by atoms with Gasteiger partial charge in [0.2, 0.25) is 10.0 Å². The molecule has 0 aromatic heterocycles. The van der Waals surface area contributed by atoms with Crippen molar-refractivity contribution < 1.29 is 26.9 Å². The third-order valence-electron chi connectivity index (χ3n) is 4.96. The number of anilines is 1. The molecule has 2 aromatic rings. The standard InChI is InChI=1S/C19H18BrClFIN2O5S2/c20-13-10-12(5-7-15(13)22)24-18(26)11-4-6-14(21)16(9-11)32(28,29)25-17-3-1-2-8-19(17,27)30-31-23/h4-7,9-10,17,25,27H,1-3,8H2,(H,24,26). The molecule has 1 saturated carbocycles. The molecule has 1 amide bonds. The van der Waals surface area contributed by atoms with Gasteiger partial charge in [-0.3, -0.25) is 8.98 Å². The van der Waals surface area contributed by atoms with Gasteiger partial charge in [0, 0.05) is 38.9 Å². The number of aliphatic hydroxyl groups is 1. The Morgan fingerprint density at radius 2 is 2.06 bits per heavy atom. The lowest BCUT2D eigenvalue weighted by Crippen LogP contribution is -2.55. The van der Waals surface area contributed by atoms with Crippen LogP contribution in [0.2, 0.25) is 5.02 Å². The minimum atomic E-state index is -4.19. The Kier molecular flexibility index (Phi) is 8.86. The van der Waals surface area contributed by atoms with E-state index in [-0.39, 0.29) is 26.4 Å². The van der Waals surface area contributed by atoms with Crippen LogP contribution in [0, 0.1) is 5.82 Å². The number of halogens is 4. The molecule has 0 bridgehead atoms. The Hall–Kier alpha value is -0.480. The van der Waals surface area contributed by atoms with Gasteiger partial charge in [-0.1, -0.05) is 18.0 Å². The molecule has 2 unspecified atom stereocenters. The molecule has 13 heteroatoms. The Labute approximate surface area is 214 Å². The average molecular weight is 680 g/mol.